The molecule has 2 aromatic rings. The van der Waals surface area contributed by atoms with Gasteiger partial charge in [0.15, 0.2) is 11.4 Å². The smallest absolute Gasteiger partial charge is 0.275 e. The number of carbonyl (C=O) groups is 1. The molecule has 8 nitrogen and oxygen atoms in total. The quantitative estimate of drug-likeness (QED) is 0.676. The van der Waals surface area contributed by atoms with E-state index in [1.165, 1.54) is 31.3 Å². The summed E-state index contributed by atoms with van der Waals surface area (Å²) in [5, 5.41) is 16.0. The number of amides is 1. The highest BCUT2D eigenvalue weighted by Gasteiger charge is 2.25. The molecule has 0 saturated carbocycles. The third kappa shape index (κ3) is 3.47. The van der Waals surface area contributed by atoms with Crippen LogP contribution < -0.4 is 21.5 Å². The summed E-state index contributed by atoms with van der Waals surface area (Å²) in [5.74, 6) is -0.592. The molecule has 0 fully saturated rings. The maximum absolute atomic E-state index is 12.0. The van der Waals surface area contributed by atoms with Gasteiger partial charge in [0.05, 0.1) is 5.69 Å². The number of hydrogen-bond acceptors (Lipinski definition) is 7. The Labute approximate surface area is 145 Å². The molecule has 1 aromatic heterocycles. The van der Waals surface area contributed by atoms with E-state index < -0.39 is 16.8 Å². The van der Waals surface area contributed by atoms with Crippen LogP contribution in [0, 0.1) is 5.92 Å². The minimum atomic E-state index is -0.671. The number of nitrogens with one attached hydrogen (secondary N) is 2. The number of rotatable bonds is 6. The zero-order valence-corrected chi connectivity index (χ0v) is 14.9. The molecule has 0 aliphatic rings. The normalized spacial score (nSPS) is 12.2. The van der Waals surface area contributed by atoms with E-state index >= 15 is 0 Å². The molecule has 0 saturated heterocycles. The van der Waals surface area contributed by atoms with Crippen molar-refractivity contribution in [3.8, 4) is 5.75 Å². The lowest BCUT2D eigenvalue weighted by molar-refractivity contribution is 0.0819. The van der Waals surface area contributed by atoms with Gasteiger partial charge < -0.3 is 20.6 Å². The van der Waals surface area contributed by atoms with Crippen LogP contribution in [-0.4, -0.2) is 41.0 Å². The standard InChI is InChI=1S/C17H22N4O4/c1-8(2)9(3)19-11-12(16(24)15(11)23)20-10-6-7-18-13(14(10)22)17(25)21(4)5/h6-9,19,22H,1-5H3,(H,18,20)/t9-/m0/s1. The molecule has 134 valence electrons. The van der Waals surface area contributed by atoms with Gasteiger partial charge in [0.25, 0.3) is 16.8 Å². The molecule has 3 N–H and O–H groups in total. The summed E-state index contributed by atoms with van der Waals surface area (Å²) in [6.07, 6.45) is 1.34. The minimum absolute atomic E-state index is 0.0132. The third-order valence-electron chi connectivity index (χ3n) is 4.08. The van der Waals surface area contributed by atoms with Crippen LogP contribution in [0.4, 0.5) is 17.1 Å². The molecule has 0 unspecified atom stereocenters. The van der Waals surface area contributed by atoms with Gasteiger partial charge in [-0.1, -0.05) is 13.8 Å². The van der Waals surface area contributed by atoms with E-state index in [-0.39, 0.29) is 40.5 Å². The summed E-state index contributed by atoms with van der Waals surface area (Å²) >= 11 is 0. The third-order valence-corrected chi connectivity index (χ3v) is 4.08. The average molecular weight is 346 g/mol. The van der Waals surface area contributed by atoms with Crippen molar-refractivity contribution in [2.24, 2.45) is 5.92 Å². The molecule has 0 aliphatic carbocycles. The highest BCUT2D eigenvalue weighted by atomic mass is 16.3. The fourth-order valence-corrected chi connectivity index (χ4v) is 2.10. The Balaban J connectivity index is 2.35. The van der Waals surface area contributed by atoms with E-state index in [4.69, 9.17) is 0 Å². The molecule has 0 radical (unpaired) electrons. The predicted molar refractivity (Wildman–Crippen MR) is 96.5 cm³/mol. The van der Waals surface area contributed by atoms with Crippen LogP contribution in [-0.2, 0) is 0 Å². The largest absolute Gasteiger partial charge is 0.504 e. The van der Waals surface area contributed by atoms with Crippen molar-refractivity contribution >= 4 is 23.0 Å². The van der Waals surface area contributed by atoms with Gasteiger partial charge in [-0.3, -0.25) is 14.4 Å². The van der Waals surface area contributed by atoms with Gasteiger partial charge in [0.2, 0.25) is 0 Å². The lowest BCUT2D eigenvalue weighted by Gasteiger charge is -2.22. The van der Waals surface area contributed by atoms with Crippen molar-refractivity contribution in [2.45, 2.75) is 26.8 Å². The first-order valence-corrected chi connectivity index (χ1v) is 7.91. The van der Waals surface area contributed by atoms with Gasteiger partial charge >= 0.3 is 0 Å². The van der Waals surface area contributed by atoms with Crippen LogP contribution in [0.5, 0.6) is 5.75 Å². The molecule has 1 atom stereocenters. The Morgan fingerprint density at radius 1 is 1.16 bits per heavy atom. The van der Waals surface area contributed by atoms with Crippen molar-refractivity contribution in [1.29, 1.82) is 0 Å². The molecule has 0 bridgehead atoms. The SMILES string of the molecule is CC(C)[C@H](C)Nc1c(Nc2ccnc(C(=O)N(C)C)c2O)c(=O)c1=O. The number of hydrogen-bond donors (Lipinski definition) is 3. The Kier molecular flexibility index (Phi) is 5.10. The Morgan fingerprint density at radius 2 is 1.76 bits per heavy atom. The number of nitrogens with zero attached hydrogens (tertiary/aromatic N) is 2. The number of aromatic hydroxyl groups is 1. The summed E-state index contributed by atoms with van der Waals surface area (Å²) in [4.78, 5) is 40.9. The number of anilines is 3. The Hall–Kier alpha value is -2.90. The van der Waals surface area contributed by atoms with E-state index in [1.54, 1.807) is 0 Å². The van der Waals surface area contributed by atoms with Crippen molar-refractivity contribution in [1.82, 2.24) is 9.88 Å². The van der Waals surface area contributed by atoms with E-state index in [0.717, 1.165) is 0 Å². The second kappa shape index (κ2) is 6.92. The molecule has 8 heteroatoms. The predicted octanol–water partition coefficient (Wildman–Crippen LogP) is 1.28. The topological polar surface area (TPSA) is 112 Å². The molecule has 1 aromatic carbocycles. The van der Waals surface area contributed by atoms with Gasteiger partial charge in [-0.2, -0.15) is 0 Å². The van der Waals surface area contributed by atoms with Crippen LogP contribution in [0.25, 0.3) is 0 Å². The first-order chi connectivity index (χ1) is 11.6. The Bertz CT molecular complexity index is 866. The van der Waals surface area contributed by atoms with Crippen molar-refractivity contribution in [3.63, 3.8) is 0 Å². The molecule has 25 heavy (non-hydrogen) atoms. The molecular weight excluding hydrogens is 324 g/mol. The van der Waals surface area contributed by atoms with E-state index in [1.807, 2.05) is 20.8 Å². The first-order valence-electron chi connectivity index (χ1n) is 7.91. The minimum Gasteiger partial charge on any atom is -0.504 e. The fraction of sp³-hybridized carbons (Fsp3) is 0.412. The van der Waals surface area contributed by atoms with Crippen molar-refractivity contribution in [3.05, 3.63) is 38.4 Å². The van der Waals surface area contributed by atoms with Crippen molar-refractivity contribution < 1.29 is 9.90 Å². The highest BCUT2D eigenvalue weighted by molar-refractivity contribution is 5.97. The summed E-state index contributed by atoms with van der Waals surface area (Å²) in [7, 11) is 3.07. The second-order valence-electron chi connectivity index (χ2n) is 6.47. The van der Waals surface area contributed by atoms with Gasteiger partial charge in [0, 0.05) is 26.3 Å². The lowest BCUT2D eigenvalue weighted by atomic mass is 10.0. The van der Waals surface area contributed by atoms with Gasteiger partial charge in [-0.25, -0.2) is 4.98 Å². The summed E-state index contributed by atoms with van der Waals surface area (Å²) < 4.78 is 0. The first kappa shape index (κ1) is 18.4. The average Bonchev–Trinajstić information content (AvgIpc) is 2.57. The van der Waals surface area contributed by atoms with E-state index in [9.17, 15) is 19.5 Å². The number of aromatic nitrogens is 1. The summed E-state index contributed by atoms with van der Waals surface area (Å²) in [6, 6.07) is 1.41. The molecular formula is C17H22N4O4. The highest BCUT2D eigenvalue weighted by Crippen LogP contribution is 2.31. The van der Waals surface area contributed by atoms with Crippen molar-refractivity contribution in [2.75, 3.05) is 24.7 Å². The monoisotopic (exact) mass is 346 g/mol. The van der Waals surface area contributed by atoms with Gasteiger partial charge in [-0.05, 0) is 18.9 Å². The molecule has 0 aliphatic heterocycles. The van der Waals surface area contributed by atoms with Crippen LogP contribution in [0.2, 0.25) is 0 Å². The van der Waals surface area contributed by atoms with E-state index in [2.05, 4.69) is 15.6 Å². The van der Waals surface area contributed by atoms with Crippen LogP contribution in [0.3, 0.4) is 0 Å². The zero-order chi connectivity index (χ0) is 18.9. The zero-order valence-electron chi connectivity index (χ0n) is 14.9. The Morgan fingerprint density at radius 3 is 2.32 bits per heavy atom. The number of carbonyl (C=O) groups excluding carboxylic acids is 1. The molecule has 0 spiro atoms. The fourth-order valence-electron chi connectivity index (χ4n) is 2.10. The van der Waals surface area contributed by atoms with Crippen LogP contribution in [0.1, 0.15) is 31.3 Å². The molecule has 1 heterocycles. The second-order valence-corrected chi connectivity index (χ2v) is 6.47. The lowest BCUT2D eigenvalue weighted by Crippen LogP contribution is -2.39. The maximum Gasteiger partial charge on any atom is 0.275 e. The summed E-state index contributed by atoms with van der Waals surface area (Å²) in [6.45, 7) is 5.89. The molecule has 1 amide bonds. The van der Waals surface area contributed by atoms with E-state index in [0.29, 0.717) is 0 Å². The van der Waals surface area contributed by atoms with Gasteiger partial charge in [-0.15, -0.1) is 0 Å². The van der Waals surface area contributed by atoms with Crippen LogP contribution >= 0.6 is 0 Å². The molecule has 2 rings (SSSR count). The van der Waals surface area contributed by atoms with Gasteiger partial charge in [0.1, 0.15) is 11.4 Å². The van der Waals surface area contributed by atoms with Crippen LogP contribution in [0.15, 0.2) is 21.9 Å². The number of pyridine rings is 1. The maximum atomic E-state index is 12.0. The summed E-state index contributed by atoms with van der Waals surface area (Å²) in [5.41, 5.74) is -1.03.